The first-order chi connectivity index (χ1) is 14.4. The predicted molar refractivity (Wildman–Crippen MR) is 110 cm³/mol. The molecule has 1 amide bonds. The van der Waals surface area contributed by atoms with Crippen LogP contribution < -0.4 is 10.0 Å². The van der Waals surface area contributed by atoms with Gasteiger partial charge < -0.3 is 10.1 Å². The van der Waals surface area contributed by atoms with E-state index in [4.69, 9.17) is 4.74 Å². The maximum Gasteiger partial charge on any atom is 0.293 e. The molecule has 0 radical (unpaired) electrons. The summed E-state index contributed by atoms with van der Waals surface area (Å²) in [5.41, 5.74) is -0.00872. The van der Waals surface area contributed by atoms with Crippen LogP contribution in [0.5, 0.6) is 0 Å². The van der Waals surface area contributed by atoms with Crippen LogP contribution >= 0.6 is 0 Å². The molecule has 1 fully saturated rings. The molecule has 10 nitrogen and oxygen atoms in total. The Kier molecular flexibility index (Phi) is 6.98. The average molecular weight is 434 g/mol. The number of nitrogens with zero attached hydrogens (tertiary/aromatic N) is 2. The Morgan fingerprint density at radius 2 is 1.83 bits per heavy atom. The smallest absolute Gasteiger partial charge is 0.293 e. The van der Waals surface area contributed by atoms with Gasteiger partial charge in [0.2, 0.25) is 0 Å². The molecule has 11 heteroatoms. The number of nitrogens with one attached hydrogen (secondary N) is 2. The molecule has 0 unspecified atom stereocenters. The number of nitro groups is 1. The number of hydrogen-bond donors (Lipinski definition) is 2. The van der Waals surface area contributed by atoms with Crippen molar-refractivity contribution in [3.63, 3.8) is 0 Å². The second-order valence-corrected chi connectivity index (χ2v) is 8.30. The number of ether oxygens (including phenoxy) is 1. The Hall–Kier alpha value is -3.02. The Balaban J connectivity index is 1.71. The van der Waals surface area contributed by atoms with Gasteiger partial charge in [0.05, 0.1) is 23.0 Å². The number of benzene rings is 2. The third-order valence-electron chi connectivity index (χ3n) is 4.59. The van der Waals surface area contributed by atoms with Gasteiger partial charge in [-0.1, -0.05) is 18.2 Å². The lowest BCUT2D eigenvalue weighted by Gasteiger charge is -2.26. The van der Waals surface area contributed by atoms with Crippen molar-refractivity contribution >= 4 is 27.3 Å². The van der Waals surface area contributed by atoms with E-state index >= 15 is 0 Å². The van der Waals surface area contributed by atoms with Crippen molar-refractivity contribution in [1.82, 2.24) is 9.62 Å². The molecule has 1 heterocycles. The second-order valence-electron chi connectivity index (χ2n) is 6.62. The van der Waals surface area contributed by atoms with Crippen molar-refractivity contribution < 1.29 is 22.9 Å². The van der Waals surface area contributed by atoms with E-state index in [2.05, 4.69) is 10.2 Å². The highest BCUT2D eigenvalue weighted by Crippen LogP contribution is 2.27. The van der Waals surface area contributed by atoms with E-state index in [1.54, 1.807) is 18.2 Å². The number of sulfonamides is 1. The Labute approximate surface area is 174 Å². The topological polar surface area (TPSA) is 131 Å². The molecule has 0 aromatic heterocycles. The van der Waals surface area contributed by atoms with Crippen molar-refractivity contribution in [3.8, 4) is 0 Å². The molecule has 0 bridgehead atoms. The molecule has 1 aliphatic rings. The van der Waals surface area contributed by atoms with Crippen molar-refractivity contribution in [2.75, 3.05) is 44.7 Å². The molecule has 1 aliphatic heterocycles. The third kappa shape index (κ3) is 5.53. The van der Waals surface area contributed by atoms with Crippen molar-refractivity contribution in [3.05, 3.63) is 64.2 Å². The fraction of sp³-hybridized carbons (Fsp3) is 0.316. The van der Waals surface area contributed by atoms with Crippen molar-refractivity contribution in [2.24, 2.45) is 0 Å². The molecule has 1 saturated heterocycles. The van der Waals surface area contributed by atoms with E-state index < -0.39 is 20.9 Å². The summed E-state index contributed by atoms with van der Waals surface area (Å²) in [6, 6.07) is 11.3. The lowest BCUT2D eigenvalue weighted by atomic mass is 10.2. The first-order valence-corrected chi connectivity index (χ1v) is 10.8. The van der Waals surface area contributed by atoms with Crippen molar-refractivity contribution in [1.29, 1.82) is 0 Å². The zero-order chi connectivity index (χ0) is 21.6. The van der Waals surface area contributed by atoms with Gasteiger partial charge in [-0.3, -0.25) is 19.8 Å². The lowest BCUT2D eigenvalue weighted by molar-refractivity contribution is -0.384. The molecule has 0 saturated carbocycles. The molecule has 160 valence electrons. The summed E-state index contributed by atoms with van der Waals surface area (Å²) >= 11 is 0. The quantitative estimate of drug-likeness (QED) is 0.472. The van der Waals surface area contributed by atoms with Gasteiger partial charge >= 0.3 is 0 Å². The highest BCUT2D eigenvalue weighted by Gasteiger charge is 2.23. The summed E-state index contributed by atoms with van der Waals surface area (Å²) in [5.74, 6) is -0.814. The monoisotopic (exact) mass is 434 g/mol. The van der Waals surface area contributed by atoms with E-state index in [0.29, 0.717) is 26.3 Å². The fourth-order valence-electron chi connectivity index (χ4n) is 2.98. The van der Waals surface area contributed by atoms with Crippen LogP contribution in [-0.2, 0) is 14.8 Å². The van der Waals surface area contributed by atoms with Crippen LogP contribution in [0.3, 0.4) is 0 Å². The highest BCUT2D eigenvalue weighted by molar-refractivity contribution is 7.90. The van der Waals surface area contributed by atoms with Gasteiger partial charge in [-0.2, -0.15) is 0 Å². The van der Waals surface area contributed by atoms with Gasteiger partial charge in [0.1, 0.15) is 5.69 Å². The van der Waals surface area contributed by atoms with Gasteiger partial charge in [-0.25, -0.2) is 13.1 Å². The number of amides is 1. The van der Waals surface area contributed by atoms with E-state index in [-0.39, 0.29) is 21.8 Å². The first kappa shape index (κ1) is 21.7. The van der Waals surface area contributed by atoms with Gasteiger partial charge in [-0.05, 0) is 24.3 Å². The summed E-state index contributed by atoms with van der Waals surface area (Å²) < 4.78 is 32.3. The number of carbonyl (C=O) groups excluding carboxylic acids is 1. The maximum absolute atomic E-state index is 12.5. The van der Waals surface area contributed by atoms with Gasteiger partial charge in [-0.15, -0.1) is 0 Å². The minimum absolute atomic E-state index is 0.164. The highest BCUT2D eigenvalue weighted by atomic mass is 32.2. The Morgan fingerprint density at radius 1 is 1.13 bits per heavy atom. The molecule has 2 aromatic carbocycles. The van der Waals surface area contributed by atoms with Crippen LogP contribution in [0.4, 0.5) is 11.4 Å². The van der Waals surface area contributed by atoms with Gasteiger partial charge in [0, 0.05) is 37.8 Å². The zero-order valence-electron chi connectivity index (χ0n) is 16.1. The molecule has 0 spiro atoms. The third-order valence-corrected chi connectivity index (χ3v) is 5.92. The fourth-order valence-corrected chi connectivity index (χ4v) is 3.98. The van der Waals surface area contributed by atoms with Crippen molar-refractivity contribution in [2.45, 2.75) is 4.90 Å². The Bertz CT molecular complexity index is 1010. The summed E-state index contributed by atoms with van der Waals surface area (Å²) in [7, 11) is -4.27. The number of hydrogen-bond acceptors (Lipinski definition) is 8. The Morgan fingerprint density at radius 3 is 2.50 bits per heavy atom. The number of nitro benzene ring substituents is 1. The van der Waals surface area contributed by atoms with E-state index in [1.165, 1.54) is 24.3 Å². The molecular formula is C19H22N4O6S. The summed E-state index contributed by atoms with van der Waals surface area (Å²) in [4.78, 5) is 24.8. The minimum Gasteiger partial charge on any atom is -0.379 e. The largest absolute Gasteiger partial charge is 0.379 e. The van der Waals surface area contributed by atoms with Gasteiger partial charge in [0.15, 0.2) is 0 Å². The number of rotatable bonds is 8. The van der Waals surface area contributed by atoms with Crippen LogP contribution in [0, 0.1) is 10.1 Å². The first-order valence-electron chi connectivity index (χ1n) is 9.31. The van der Waals surface area contributed by atoms with Crippen LogP contribution in [-0.4, -0.2) is 63.5 Å². The number of morpholine rings is 1. The molecule has 2 aromatic rings. The SMILES string of the molecule is O=C(NS(=O)(=O)c1ccc(NCCN2CCOCC2)c([N+](=O)[O-])c1)c1ccccc1. The molecular weight excluding hydrogens is 412 g/mol. The number of anilines is 1. The van der Waals surface area contributed by atoms with E-state index in [9.17, 15) is 23.3 Å². The van der Waals surface area contributed by atoms with E-state index in [1.807, 2.05) is 4.72 Å². The average Bonchev–Trinajstić information content (AvgIpc) is 2.74. The summed E-state index contributed by atoms with van der Waals surface area (Å²) in [6.07, 6.45) is 0. The molecule has 3 rings (SSSR count). The molecule has 2 N–H and O–H groups in total. The molecule has 30 heavy (non-hydrogen) atoms. The van der Waals surface area contributed by atoms with E-state index in [0.717, 1.165) is 19.2 Å². The summed E-state index contributed by atoms with van der Waals surface area (Å²) in [5, 5.41) is 14.4. The van der Waals surface area contributed by atoms with Gasteiger partial charge in [0.25, 0.3) is 21.6 Å². The lowest BCUT2D eigenvalue weighted by Crippen LogP contribution is -2.39. The second kappa shape index (κ2) is 9.65. The molecule has 0 aliphatic carbocycles. The number of carbonyl (C=O) groups is 1. The van der Waals surface area contributed by atoms with Crippen LogP contribution in [0.15, 0.2) is 53.4 Å². The minimum atomic E-state index is -4.27. The maximum atomic E-state index is 12.5. The van der Waals surface area contributed by atoms with Crippen LogP contribution in [0.25, 0.3) is 0 Å². The van der Waals surface area contributed by atoms with Crippen LogP contribution in [0.1, 0.15) is 10.4 Å². The molecule has 0 atom stereocenters. The van der Waals surface area contributed by atoms with Crippen LogP contribution in [0.2, 0.25) is 0 Å². The predicted octanol–water partition coefficient (Wildman–Crippen LogP) is 1.46. The normalized spacial score (nSPS) is 14.8. The zero-order valence-corrected chi connectivity index (χ0v) is 16.9. The summed E-state index contributed by atoms with van der Waals surface area (Å²) in [6.45, 7) is 4.03. The standard InChI is InChI=1S/C19H22N4O6S/c24-19(15-4-2-1-3-5-15)21-30(27,28)16-6-7-17(18(14-16)23(25)26)20-8-9-22-10-12-29-13-11-22/h1-7,14,20H,8-13H2,(H,21,24).